The Labute approximate surface area is 127 Å². The standard InChI is InChI=1S/C17H28FN3/c1-4-17(5-2)7-9-21(10-8-17)16-14(12-19-6-3)11-15(18)13-20-16/h11,13,19H,4-10,12H2,1-3H3. The van der Waals surface area contributed by atoms with E-state index in [0.29, 0.717) is 12.0 Å². The normalized spacial score (nSPS) is 18.0. The highest BCUT2D eigenvalue weighted by atomic mass is 19.1. The zero-order valence-electron chi connectivity index (χ0n) is 13.6. The predicted octanol–water partition coefficient (Wildman–Crippen LogP) is 3.74. The van der Waals surface area contributed by atoms with Crippen LogP contribution in [0.2, 0.25) is 0 Å². The summed E-state index contributed by atoms with van der Waals surface area (Å²) < 4.78 is 13.5. The summed E-state index contributed by atoms with van der Waals surface area (Å²) in [6, 6.07) is 1.62. The summed E-state index contributed by atoms with van der Waals surface area (Å²) in [6.07, 6.45) is 6.25. The van der Waals surface area contributed by atoms with Gasteiger partial charge in [-0.2, -0.15) is 0 Å². The van der Waals surface area contributed by atoms with E-state index in [4.69, 9.17) is 0 Å². The van der Waals surface area contributed by atoms with E-state index in [1.54, 1.807) is 6.07 Å². The Kier molecular flexibility index (Phi) is 5.57. The number of halogens is 1. The van der Waals surface area contributed by atoms with Crippen molar-refractivity contribution >= 4 is 5.82 Å². The Bertz CT molecular complexity index is 447. The molecule has 0 saturated carbocycles. The predicted molar refractivity (Wildman–Crippen MR) is 86.0 cm³/mol. The number of nitrogens with zero attached hydrogens (tertiary/aromatic N) is 2. The SMILES string of the molecule is CCNCc1cc(F)cnc1N1CCC(CC)(CC)CC1. The van der Waals surface area contributed by atoms with E-state index < -0.39 is 0 Å². The fourth-order valence-electron chi connectivity index (χ4n) is 3.30. The van der Waals surface area contributed by atoms with E-state index in [-0.39, 0.29) is 5.82 Å². The molecule has 1 aromatic rings. The highest BCUT2D eigenvalue weighted by Crippen LogP contribution is 2.39. The Morgan fingerprint density at radius 2 is 1.90 bits per heavy atom. The van der Waals surface area contributed by atoms with Gasteiger partial charge in [0.2, 0.25) is 0 Å². The van der Waals surface area contributed by atoms with Crippen LogP contribution >= 0.6 is 0 Å². The fraction of sp³-hybridized carbons (Fsp3) is 0.706. The van der Waals surface area contributed by atoms with Crippen molar-refractivity contribution in [3.8, 4) is 0 Å². The van der Waals surface area contributed by atoms with Gasteiger partial charge in [0.15, 0.2) is 0 Å². The van der Waals surface area contributed by atoms with E-state index in [1.165, 1.54) is 31.9 Å². The molecule has 3 nitrogen and oxygen atoms in total. The number of nitrogens with one attached hydrogen (secondary N) is 1. The molecule has 0 unspecified atom stereocenters. The zero-order valence-corrected chi connectivity index (χ0v) is 13.6. The monoisotopic (exact) mass is 293 g/mol. The molecule has 0 aromatic carbocycles. The summed E-state index contributed by atoms with van der Waals surface area (Å²) in [4.78, 5) is 6.69. The molecule has 1 fully saturated rings. The third-order valence-electron chi connectivity index (χ3n) is 5.10. The fourth-order valence-corrected chi connectivity index (χ4v) is 3.30. The van der Waals surface area contributed by atoms with Gasteiger partial charge in [-0.3, -0.25) is 0 Å². The molecule has 2 heterocycles. The minimum absolute atomic E-state index is 0.250. The summed E-state index contributed by atoms with van der Waals surface area (Å²) in [6.45, 7) is 10.3. The minimum atomic E-state index is -0.250. The van der Waals surface area contributed by atoms with Crippen LogP contribution in [0.15, 0.2) is 12.3 Å². The quantitative estimate of drug-likeness (QED) is 0.866. The molecule has 0 atom stereocenters. The molecule has 1 aliphatic heterocycles. The van der Waals surface area contributed by atoms with E-state index >= 15 is 0 Å². The van der Waals surface area contributed by atoms with Gasteiger partial charge in [-0.25, -0.2) is 9.37 Å². The summed E-state index contributed by atoms with van der Waals surface area (Å²) in [5.74, 6) is 0.707. The summed E-state index contributed by atoms with van der Waals surface area (Å²) >= 11 is 0. The number of hydrogen-bond acceptors (Lipinski definition) is 3. The third-order valence-corrected chi connectivity index (χ3v) is 5.10. The maximum atomic E-state index is 13.5. The van der Waals surface area contributed by atoms with E-state index in [9.17, 15) is 4.39 Å². The average Bonchev–Trinajstić information content (AvgIpc) is 2.53. The van der Waals surface area contributed by atoms with Crippen LogP contribution in [0.25, 0.3) is 0 Å². The average molecular weight is 293 g/mol. The lowest BCUT2D eigenvalue weighted by Gasteiger charge is -2.42. The van der Waals surface area contributed by atoms with Crippen LogP contribution in [-0.4, -0.2) is 24.6 Å². The summed E-state index contributed by atoms with van der Waals surface area (Å²) in [5.41, 5.74) is 1.47. The second-order valence-corrected chi connectivity index (χ2v) is 6.11. The molecular weight excluding hydrogens is 265 g/mol. The van der Waals surface area contributed by atoms with Crippen molar-refractivity contribution in [1.29, 1.82) is 0 Å². The lowest BCUT2D eigenvalue weighted by molar-refractivity contribution is 0.199. The maximum absolute atomic E-state index is 13.5. The highest BCUT2D eigenvalue weighted by Gasteiger charge is 2.32. The largest absolute Gasteiger partial charge is 0.356 e. The van der Waals surface area contributed by atoms with Crippen molar-refractivity contribution in [1.82, 2.24) is 10.3 Å². The van der Waals surface area contributed by atoms with Gasteiger partial charge in [-0.05, 0) is 30.9 Å². The summed E-state index contributed by atoms with van der Waals surface area (Å²) in [7, 11) is 0. The van der Waals surface area contributed by atoms with Crippen molar-refractivity contribution in [3.05, 3.63) is 23.6 Å². The van der Waals surface area contributed by atoms with Crippen LogP contribution < -0.4 is 10.2 Å². The molecule has 0 radical (unpaired) electrons. The van der Waals surface area contributed by atoms with Crippen molar-refractivity contribution in [2.24, 2.45) is 5.41 Å². The van der Waals surface area contributed by atoms with Gasteiger partial charge < -0.3 is 10.2 Å². The van der Waals surface area contributed by atoms with Crippen molar-refractivity contribution < 1.29 is 4.39 Å². The number of piperidine rings is 1. The van der Waals surface area contributed by atoms with Crippen LogP contribution in [0, 0.1) is 11.2 Å². The number of anilines is 1. The molecule has 1 saturated heterocycles. The van der Waals surface area contributed by atoms with Crippen LogP contribution in [0.4, 0.5) is 10.2 Å². The first-order chi connectivity index (χ1) is 10.1. The van der Waals surface area contributed by atoms with Crippen LogP contribution in [0.3, 0.4) is 0 Å². The van der Waals surface area contributed by atoms with Crippen LogP contribution in [-0.2, 0) is 6.54 Å². The van der Waals surface area contributed by atoms with Crippen molar-refractivity contribution in [3.63, 3.8) is 0 Å². The Morgan fingerprint density at radius 3 is 2.48 bits per heavy atom. The van der Waals surface area contributed by atoms with Gasteiger partial charge in [0.25, 0.3) is 0 Å². The van der Waals surface area contributed by atoms with Gasteiger partial charge >= 0.3 is 0 Å². The number of rotatable bonds is 6. The minimum Gasteiger partial charge on any atom is -0.356 e. The number of aromatic nitrogens is 1. The van der Waals surface area contributed by atoms with E-state index in [0.717, 1.165) is 31.0 Å². The second-order valence-electron chi connectivity index (χ2n) is 6.11. The smallest absolute Gasteiger partial charge is 0.141 e. The van der Waals surface area contributed by atoms with Crippen molar-refractivity contribution in [2.75, 3.05) is 24.5 Å². The van der Waals surface area contributed by atoms with E-state index in [2.05, 4.69) is 36.0 Å². The van der Waals surface area contributed by atoms with Gasteiger partial charge in [0.1, 0.15) is 11.6 Å². The molecule has 0 spiro atoms. The maximum Gasteiger partial charge on any atom is 0.141 e. The molecule has 1 aromatic heterocycles. The van der Waals surface area contributed by atoms with Gasteiger partial charge in [-0.15, -0.1) is 0 Å². The molecule has 2 rings (SSSR count). The molecule has 0 amide bonds. The zero-order chi connectivity index (χ0) is 15.3. The first-order valence-corrected chi connectivity index (χ1v) is 8.24. The lowest BCUT2D eigenvalue weighted by Crippen LogP contribution is -2.40. The topological polar surface area (TPSA) is 28.2 Å². The summed E-state index contributed by atoms with van der Waals surface area (Å²) in [5, 5.41) is 3.28. The lowest BCUT2D eigenvalue weighted by atomic mass is 9.74. The van der Waals surface area contributed by atoms with E-state index in [1.807, 2.05) is 0 Å². The molecule has 118 valence electrons. The Morgan fingerprint density at radius 1 is 1.24 bits per heavy atom. The number of hydrogen-bond donors (Lipinski definition) is 1. The third kappa shape index (κ3) is 3.73. The van der Waals surface area contributed by atoms with Crippen molar-refractivity contribution in [2.45, 2.75) is 53.0 Å². The van der Waals surface area contributed by atoms with Gasteiger partial charge in [-0.1, -0.05) is 33.6 Å². The first-order valence-electron chi connectivity index (χ1n) is 8.24. The molecule has 0 aliphatic carbocycles. The molecule has 1 N–H and O–H groups in total. The number of pyridine rings is 1. The Balaban J connectivity index is 2.12. The second kappa shape index (κ2) is 7.21. The molecule has 4 heteroatoms. The van der Waals surface area contributed by atoms with Gasteiger partial charge in [0.05, 0.1) is 6.20 Å². The first kappa shape index (κ1) is 16.2. The Hall–Kier alpha value is -1.16. The molecule has 0 bridgehead atoms. The van der Waals surface area contributed by atoms with Crippen LogP contribution in [0.1, 0.15) is 52.0 Å². The molecular formula is C17H28FN3. The van der Waals surface area contributed by atoms with Crippen LogP contribution in [0.5, 0.6) is 0 Å². The van der Waals surface area contributed by atoms with Gasteiger partial charge in [0, 0.05) is 25.2 Å². The molecule has 1 aliphatic rings. The highest BCUT2D eigenvalue weighted by molar-refractivity contribution is 5.47. The molecule has 21 heavy (non-hydrogen) atoms.